The quantitative estimate of drug-likeness (QED) is 0.893. The molecule has 0 fully saturated rings. The molecule has 0 radical (unpaired) electrons. The van der Waals surface area contributed by atoms with E-state index < -0.39 is 11.9 Å². The molecule has 0 bridgehead atoms. The maximum absolute atomic E-state index is 12.6. The van der Waals surface area contributed by atoms with Gasteiger partial charge < -0.3 is 5.32 Å². The van der Waals surface area contributed by atoms with E-state index in [0.29, 0.717) is 0 Å². The minimum Gasteiger partial charge on any atom is -0.355 e. The number of aryl methyl sites for hydroxylation is 1. The van der Waals surface area contributed by atoms with Crippen molar-refractivity contribution in [3.8, 4) is 0 Å². The Bertz CT molecular complexity index is 652. The highest BCUT2D eigenvalue weighted by Crippen LogP contribution is 2.33. The highest BCUT2D eigenvalue weighted by atomic mass is 32.1. The molecule has 0 saturated carbocycles. The van der Waals surface area contributed by atoms with Crippen LogP contribution in [0.25, 0.3) is 0 Å². The van der Waals surface area contributed by atoms with Gasteiger partial charge in [-0.1, -0.05) is 0 Å². The average Bonchev–Trinajstić information content (AvgIpc) is 2.93. The van der Waals surface area contributed by atoms with Gasteiger partial charge in [-0.3, -0.25) is 4.68 Å². The first kappa shape index (κ1) is 16.8. The largest absolute Gasteiger partial charge is 0.434 e. The van der Waals surface area contributed by atoms with E-state index in [9.17, 15) is 13.2 Å². The Morgan fingerprint density at radius 3 is 2.36 bits per heavy atom. The monoisotopic (exact) mass is 332 g/mol. The van der Waals surface area contributed by atoms with Crippen LogP contribution in [0.2, 0.25) is 0 Å². The molecule has 0 aliphatic rings. The molecule has 0 amide bonds. The highest BCUT2D eigenvalue weighted by molar-refractivity contribution is 7.13. The molecule has 122 valence electrons. The van der Waals surface area contributed by atoms with E-state index in [1.54, 1.807) is 0 Å². The Kier molecular flexibility index (Phi) is 4.25. The number of thiazole rings is 1. The second-order valence-electron chi connectivity index (χ2n) is 6.19. The zero-order valence-electron chi connectivity index (χ0n) is 13.1. The Labute approximate surface area is 131 Å². The van der Waals surface area contributed by atoms with E-state index in [1.807, 2.05) is 45.5 Å². The van der Waals surface area contributed by atoms with Crippen LogP contribution in [-0.2, 0) is 11.7 Å². The van der Waals surface area contributed by atoms with Crippen molar-refractivity contribution in [1.82, 2.24) is 14.8 Å². The van der Waals surface area contributed by atoms with E-state index in [1.165, 1.54) is 0 Å². The van der Waals surface area contributed by atoms with Crippen LogP contribution in [0.5, 0.6) is 0 Å². The summed E-state index contributed by atoms with van der Waals surface area (Å²) in [5.41, 5.74) is 0.781. The lowest BCUT2D eigenvalue weighted by molar-refractivity contribution is -0.140. The van der Waals surface area contributed by atoms with Crippen molar-refractivity contribution in [2.45, 2.75) is 52.4 Å². The SMILES string of the molecule is Cc1nn(C(C)(C)C)cc1C(C)Nc1nc(C(F)(F)F)cs1. The molecule has 22 heavy (non-hydrogen) atoms. The molecule has 2 aromatic rings. The fraction of sp³-hybridized carbons (Fsp3) is 0.571. The topological polar surface area (TPSA) is 42.7 Å². The summed E-state index contributed by atoms with van der Waals surface area (Å²) in [6.45, 7) is 9.89. The van der Waals surface area contributed by atoms with Crippen molar-refractivity contribution in [1.29, 1.82) is 0 Å². The van der Waals surface area contributed by atoms with Crippen LogP contribution in [0.1, 0.15) is 50.7 Å². The minimum absolute atomic E-state index is 0.145. The smallest absolute Gasteiger partial charge is 0.355 e. The summed E-state index contributed by atoms with van der Waals surface area (Å²) in [7, 11) is 0. The van der Waals surface area contributed by atoms with Gasteiger partial charge in [0.2, 0.25) is 0 Å². The molecule has 1 N–H and O–H groups in total. The lowest BCUT2D eigenvalue weighted by Gasteiger charge is -2.19. The van der Waals surface area contributed by atoms with E-state index in [-0.39, 0.29) is 16.7 Å². The van der Waals surface area contributed by atoms with Crippen LogP contribution >= 0.6 is 11.3 Å². The van der Waals surface area contributed by atoms with Gasteiger partial charge in [0.05, 0.1) is 17.3 Å². The van der Waals surface area contributed by atoms with Gasteiger partial charge in [0, 0.05) is 17.1 Å². The number of alkyl halides is 3. The van der Waals surface area contributed by atoms with Crippen LogP contribution in [-0.4, -0.2) is 14.8 Å². The number of hydrogen-bond donors (Lipinski definition) is 1. The summed E-state index contributed by atoms with van der Waals surface area (Å²) >= 11 is 0.948. The first-order valence-electron chi connectivity index (χ1n) is 6.84. The van der Waals surface area contributed by atoms with Gasteiger partial charge in [0.15, 0.2) is 10.8 Å². The highest BCUT2D eigenvalue weighted by Gasteiger charge is 2.34. The van der Waals surface area contributed by atoms with Crippen LogP contribution in [0.4, 0.5) is 18.3 Å². The van der Waals surface area contributed by atoms with Crippen molar-refractivity contribution >= 4 is 16.5 Å². The summed E-state index contributed by atoms with van der Waals surface area (Å²) in [5, 5.41) is 8.75. The lowest BCUT2D eigenvalue weighted by Crippen LogP contribution is -2.22. The van der Waals surface area contributed by atoms with Crippen LogP contribution < -0.4 is 5.32 Å². The molecule has 0 aromatic carbocycles. The Morgan fingerprint density at radius 2 is 1.91 bits per heavy atom. The predicted octanol–water partition coefficient (Wildman–Crippen LogP) is 4.59. The van der Waals surface area contributed by atoms with Crippen LogP contribution in [0.3, 0.4) is 0 Å². The van der Waals surface area contributed by atoms with Crippen LogP contribution in [0, 0.1) is 6.92 Å². The van der Waals surface area contributed by atoms with E-state index in [0.717, 1.165) is 28.0 Å². The summed E-state index contributed by atoms with van der Waals surface area (Å²) < 4.78 is 39.5. The number of nitrogens with zero attached hydrogens (tertiary/aromatic N) is 3. The van der Waals surface area contributed by atoms with Gasteiger partial charge in [-0.15, -0.1) is 11.3 Å². The van der Waals surface area contributed by atoms with Crippen molar-refractivity contribution in [2.24, 2.45) is 0 Å². The van der Waals surface area contributed by atoms with Crippen molar-refractivity contribution < 1.29 is 13.2 Å². The summed E-state index contributed by atoms with van der Waals surface area (Å²) in [5.74, 6) is 0. The lowest BCUT2D eigenvalue weighted by atomic mass is 10.1. The minimum atomic E-state index is -4.41. The number of hydrogen-bond acceptors (Lipinski definition) is 4. The third-order valence-corrected chi connectivity index (χ3v) is 4.00. The standard InChI is InChI=1S/C14H19F3N4S/c1-8(10-6-21(13(3,4)5)20-9(10)2)18-12-19-11(7-22-12)14(15,16)17/h6-8H,1-5H3,(H,18,19). The zero-order valence-corrected chi connectivity index (χ0v) is 13.9. The molecule has 2 rings (SSSR count). The number of rotatable bonds is 3. The second-order valence-corrected chi connectivity index (χ2v) is 7.05. The number of halogens is 3. The second kappa shape index (κ2) is 5.57. The maximum atomic E-state index is 12.6. The average molecular weight is 332 g/mol. The normalized spacial score (nSPS) is 14.2. The zero-order chi connectivity index (χ0) is 16.7. The van der Waals surface area contributed by atoms with Gasteiger partial charge in [0.25, 0.3) is 0 Å². The molecular formula is C14H19F3N4S. The summed E-state index contributed by atoms with van der Waals surface area (Å²) in [4.78, 5) is 3.59. The Balaban J connectivity index is 2.17. The van der Waals surface area contributed by atoms with E-state index in [2.05, 4.69) is 15.4 Å². The first-order chi connectivity index (χ1) is 9.98. The molecule has 2 aromatic heterocycles. The number of nitrogens with one attached hydrogen (secondary N) is 1. The molecule has 1 unspecified atom stereocenters. The molecule has 0 saturated heterocycles. The molecule has 4 nitrogen and oxygen atoms in total. The fourth-order valence-electron chi connectivity index (χ4n) is 1.98. The molecule has 0 aliphatic carbocycles. The number of anilines is 1. The fourth-order valence-corrected chi connectivity index (χ4v) is 2.78. The molecule has 1 atom stereocenters. The predicted molar refractivity (Wildman–Crippen MR) is 81.1 cm³/mol. The van der Waals surface area contributed by atoms with Gasteiger partial charge in [0.1, 0.15) is 0 Å². The Hall–Kier alpha value is -1.57. The molecule has 0 spiro atoms. The third-order valence-electron chi connectivity index (χ3n) is 3.23. The van der Waals surface area contributed by atoms with Crippen molar-refractivity contribution in [3.05, 3.63) is 28.5 Å². The van der Waals surface area contributed by atoms with Crippen LogP contribution in [0.15, 0.2) is 11.6 Å². The first-order valence-corrected chi connectivity index (χ1v) is 7.72. The van der Waals surface area contributed by atoms with Crippen molar-refractivity contribution in [2.75, 3.05) is 5.32 Å². The summed E-state index contributed by atoms with van der Waals surface area (Å²) in [6.07, 6.45) is -2.49. The van der Waals surface area contributed by atoms with E-state index >= 15 is 0 Å². The van der Waals surface area contributed by atoms with Gasteiger partial charge in [-0.2, -0.15) is 18.3 Å². The molecule has 8 heteroatoms. The molecule has 2 heterocycles. The third kappa shape index (κ3) is 3.60. The molecule has 0 aliphatic heterocycles. The Morgan fingerprint density at radius 1 is 1.27 bits per heavy atom. The molecular weight excluding hydrogens is 313 g/mol. The van der Waals surface area contributed by atoms with Gasteiger partial charge >= 0.3 is 6.18 Å². The summed E-state index contributed by atoms with van der Waals surface area (Å²) in [6, 6.07) is -0.177. The van der Waals surface area contributed by atoms with Gasteiger partial charge in [-0.05, 0) is 34.6 Å². The van der Waals surface area contributed by atoms with E-state index in [4.69, 9.17) is 0 Å². The number of aromatic nitrogens is 3. The van der Waals surface area contributed by atoms with Crippen molar-refractivity contribution in [3.63, 3.8) is 0 Å². The van der Waals surface area contributed by atoms with Gasteiger partial charge in [-0.25, -0.2) is 4.98 Å². The maximum Gasteiger partial charge on any atom is 0.434 e.